The van der Waals surface area contributed by atoms with E-state index in [2.05, 4.69) is 25.6 Å². The van der Waals surface area contributed by atoms with Gasteiger partial charge in [-0.1, -0.05) is 30.3 Å². The summed E-state index contributed by atoms with van der Waals surface area (Å²) in [6.45, 7) is 1.99. The summed E-state index contributed by atoms with van der Waals surface area (Å²) >= 11 is 1.31. The van der Waals surface area contributed by atoms with Crippen LogP contribution in [0, 0.1) is 5.82 Å². The summed E-state index contributed by atoms with van der Waals surface area (Å²) in [4.78, 5) is 21.2. The van der Waals surface area contributed by atoms with Crippen LogP contribution in [0.25, 0.3) is 11.4 Å². The molecule has 1 amide bonds. The van der Waals surface area contributed by atoms with Gasteiger partial charge in [-0.15, -0.1) is 16.4 Å². The average Bonchev–Trinajstić information content (AvgIpc) is 3.41. The molecule has 1 atom stereocenters. The minimum absolute atomic E-state index is 0.139. The topological polar surface area (TPSA) is 85.6 Å². The minimum atomic E-state index is -0.396. The third-order valence-corrected chi connectivity index (χ3v) is 5.11. The van der Waals surface area contributed by atoms with Crippen molar-refractivity contribution in [3.05, 3.63) is 77.3 Å². The first kappa shape index (κ1) is 18.9. The van der Waals surface area contributed by atoms with Crippen LogP contribution in [0.15, 0.2) is 60.2 Å². The number of amides is 1. The molecule has 3 aromatic heterocycles. The molecule has 1 aromatic carbocycles. The largest absolute Gasteiger partial charge is 0.296 e. The van der Waals surface area contributed by atoms with E-state index in [9.17, 15) is 9.18 Å². The number of benzene rings is 1. The Morgan fingerprint density at radius 1 is 1.21 bits per heavy atom. The molecule has 3 heterocycles. The van der Waals surface area contributed by atoms with Gasteiger partial charge in [-0.05, 0) is 36.2 Å². The molecule has 0 fully saturated rings. The highest BCUT2D eigenvalue weighted by atomic mass is 32.1. The molecule has 0 saturated carbocycles. The predicted molar refractivity (Wildman–Crippen MR) is 108 cm³/mol. The van der Waals surface area contributed by atoms with Gasteiger partial charge in [-0.25, -0.2) is 14.1 Å². The van der Waals surface area contributed by atoms with Gasteiger partial charge in [0.2, 0.25) is 0 Å². The zero-order chi connectivity index (χ0) is 20.2. The van der Waals surface area contributed by atoms with Crippen LogP contribution in [0.2, 0.25) is 0 Å². The van der Waals surface area contributed by atoms with Crippen molar-refractivity contribution in [1.29, 1.82) is 0 Å². The summed E-state index contributed by atoms with van der Waals surface area (Å²) in [5.41, 5.74) is 2.50. The Morgan fingerprint density at radius 2 is 2.03 bits per heavy atom. The number of halogens is 1. The number of hydrogen-bond acceptors (Lipinski definition) is 6. The van der Waals surface area contributed by atoms with E-state index in [0.717, 1.165) is 17.7 Å². The van der Waals surface area contributed by atoms with Gasteiger partial charge in [0, 0.05) is 11.6 Å². The molecule has 0 aliphatic rings. The smallest absolute Gasteiger partial charge is 0.279 e. The van der Waals surface area contributed by atoms with Gasteiger partial charge >= 0.3 is 0 Å². The van der Waals surface area contributed by atoms with Gasteiger partial charge in [0.1, 0.15) is 11.5 Å². The Labute approximate surface area is 170 Å². The zero-order valence-electron chi connectivity index (χ0n) is 15.5. The number of pyridine rings is 1. The molecule has 0 bridgehead atoms. The summed E-state index contributed by atoms with van der Waals surface area (Å²) in [6, 6.07) is 11.7. The molecule has 0 spiro atoms. The van der Waals surface area contributed by atoms with E-state index >= 15 is 0 Å². The Bertz CT molecular complexity index is 1110. The fraction of sp³-hybridized carbons (Fsp3) is 0.150. The van der Waals surface area contributed by atoms with Crippen LogP contribution in [0.1, 0.15) is 35.4 Å². The number of carbonyl (C=O) groups is 1. The third kappa shape index (κ3) is 4.19. The van der Waals surface area contributed by atoms with Crippen molar-refractivity contribution < 1.29 is 9.18 Å². The SMILES string of the molecule is CC[C@H](c1ccc(F)cc1)n1cc(C(=O)Nc2nc(-c3ccccn3)cs2)nn1. The Morgan fingerprint density at radius 3 is 2.76 bits per heavy atom. The first-order valence-corrected chi connectivity index (χ1v) is 9.87. The van der Waals surface area contributed by atoms with Gasteiger partial charge in [0.05, 0.1) is 17.9 Å². The van der Waals surface area contributed by atoms with E-state index in [1.54, 1.807) is 29.2 Å². The normalized spacial score (nSPS) is 11.9. The van der Waals surface area contributed by atoms with Crippen LogP contribution >= 0.6 is 11.3 Å². The average molecular weight is 408 g/mol. The number of hydrogen-bond donors (Lipinski definition) is 1. The lowest BCUT2D eigenvalue weighted by molar-refractivity contribution is 0.102. The number of nitrogens with one attached hydrogen (secondary N) is 1. The molecule has 0 saturated heterocycles. The van der Waals surface area contributed by atoms with Crippen molar-refractivity contribution >= 4 is 22.4 Å². The number of nitrogens with zero attached hydrogens (tertiary/aromatic N) is 5. The van der Waals surface area contributed by atoms with E-state index in [4.69, 9.17) is 0 Å². The van der Waals surface area contributed by atoms with Gasteiger partial charge in [-0.2, -0.15) is 0 Å². The van der Waals surface area contributed by atoms with Gasteiger partial charge in [-0.3, -0.25) is 15.1 Å². The molecule has 0 aliphatic heterocycles. The maximum atomic E-state index is 13.2. The molecular weight excluding hydrogens is 391 g/mol. The molecule has 7 nitrogen and oxygen atoms in total. The number of carbonyl (C=O) groups excluding carboxylic acids is 1. The van der Waals surface area contributed by atoms with Crippen LogP contribution < -0.4 is 5.32 Å². The first-order chi connectivity index (χ1) is 14.1. The second kappa shape index (κ2) is 8.27. The monoisotopic (exact) mass is 408 g/mol. The van der Waals surface area contributed by atoms with Crippen LogP contribution in [0.5, 0.6) is 0 Å². The molecule has 4 aromatic rings. The third-order valence-electron chi connectivity index (χ3n) is 4.36. The summed E-state index contributed by atoms with van der Waals surface area (Å²) < 4.78 is 14.8. The number of thiazole rings is 1. The van der Waals surface area contributed by atoms with Crippen molar-refractivity contribution in [3.8, 4) is 11.4 Å². The summed E-state index contributed by atoms with van der Waals surface area (Å²) in [6.07, 6.45) is 3.99. The lowest BCUT2D eigenvalue weighted by Crippen LogP contribution is -2.13. The van der Waals surface area contributed by atoms with E-state index < -0.39 is 5.91 Å². The maximum Gasteiger partial charge on any atom is 0.279 e. The minimum Gasteiger partial charge on any atom is -0.296 e. The number of anilines is 1. The van der Waals surface area contributed by atoms with Crippen LogP contribution in [0.4, 0.5) is 9.52 Å². The van der Waals surface area contributed by atoms with Gasteiger partial charge < -0.3 is 0 Å². The Hall–Kier alpha value is -3.46. The zero-order valence-corrected chi connectivity index (χ0v) is 16.3. The maximum absolute atomic E-state index is 13.2. The van der Waals surface area contributed by atoms with Crippen LogP contribution in [-0.4, -0.2) is 30.9 Å². The standard InChI is InChI=1S/C20H17FN6OS/c1-2-18(13-6-8-14(21)9-7-13)27-11-16(25-26-27)19(28)24-20-23-17(12-29-20)15-5-3-4-10-22-15/h3-12,18H,2H2,1H3,(H,23,24,28)/t18-/m1/s1. The van der Waals surface area contributed by atoms with Gasteiger partial charge in [0.25, 0.3) is 5.91 Å². The molecule has 0 unspecified atom stereocenters. The second-order valence-corrected chi connectivity index (χ2v) is 7.12. The molecular formula is C20H17FN6OS. The molecule has 0 radical (unpaired) electrons. The van der Waals surface area contributed by atoms with E-state index in [-0.39, 0.29) is 17.6 Å². The van der Waals surface area contributed by atoms with E-state index in [0.29, 0.717) is 10.8 Å². The Balaban J connectivity index is 1.48. The highest BCUT2D eigenvalue weighted by Crippen LogP contribution is 2.24. The van der Waals surface area contributed by atoms with Crippen LogP contribution in [0.3, 0.4) is 0 Å². The number of rotatable bonds is 6. The van der Waals surface area contributed by atoms with E-state index in [1.165, 1.54) is 23.5 Å². The highest BCUT2D eigenvalue weighted by molar-refractivity contribution is 7.14. The van der Waals surface area contributed by atoms with E-state index in [1.807, 2.05) is 30.5 Å². The Kier molecular flexibility index (Phi) is 5.39. The highest BCUT2D eigenvalue weighted by Gasteiger charge is 2.18. The molecule has 146 valence electrons. The van der Waals surface area contributed by atoms with Crippen molar-refractivity contribution in [2.45, 2.75) is 19.4 Å². The summed E-state index contributed by atoms with van der Waals surface area (Å²) in [7, 11) is 0. The fourth-order valence-corrected chi connectivity index (χ4v) is 3.62. The lowest BCUT2D eigenvalue weighted by atomic mass is 10.0. The molecule has 4 rings (SSSR count). The fourth-order valence-electron chi connectivity index (χ4n) is 2.92. The van der Waals surface area contributed by atoms with Crippen molar-refractivity contribution in [3.63, 3.8) is 0 Å². The van der Waals surface area contributed by atoms with Crippen LogP contribution in [-0.2, 0) is 0 Å². The second-order valence-electron chi connectivity index (χ2n) is 6.27. The molecule has 0 aliphatic carbocycles. The quantitative estimate of drug-likeness (QED) is 0.517. The predicted octanol–water partition coefficient (Wildman–Crippen LogP) is 4.19. The summed E-state index contributed by atoms with van der Waals surface area (Å²) in [5.74, 6) is -0.692. The molecule has 29 heavy (non-hydrogen) atoms. The first-order valence-electron chi connectivity index (χ1n) is 8.99. The van der Waals surface area contributed by atoms with Crippen molar-refractivity contribution in [2.24, 2.45) is 0 Å². The molecule has 1 N–H and O–H groups in total. The molecule has 9 heteroatoms. The van der Waals surface area contributed by atoms with Crippen molar-refractivity contribution in [2.75, 3.05) is 5.32 Å². The number of aromatic nitrogens is 5. The lowest BCUT2D eigenvalue weighted by Gasteiger charge is -2.14. The van der Waals surface area contributed by atoms with Crippen molar-refractivity contribution in [1.82, 2.24) is 25.0 Å². The summed E-state index contributed by atoms with van der Waals surface area (Å²) in [5, 5.41) is 13.1. The van der Waals surface area contributed by atoms with Gasteiger partial charge in [0.15, 0.2) is 10.8 Å².